The number of rotatable bonds is 6. The van der Waals surface area contributed by atoms with Crippen LogP contribution in [0.1, 0.15) is 15.9 Å². The van der Waals surface area contributed by atoms with Crippen LogP contribution in [-0.4, -0.2) is 38.1 Å². The zero-order chi connectivity index (χ0) is 19.6. The van der Waals surface area contributed by atoms with E-state index in [9.17, 15) is 23.2 Å². The maximum atomic E-state index is 13.8. The first-order valence-corrected chi connectivity index (χ1v) is 8.52. The average Bonchev–Trinajstić information content (AvgIpc) is 3.10. The Kier molecular flexibility index (Phi) is 5.21. The van der Waals surface area contributed by atoms with E-state index in [0.717, 1.165) is 23.9 Å². The molecule has 3 rings (SSSR count). The number of halogens is 2. The zero-order valence-electron chi connectivity index (χ0n) is 13.5. The molecule has 0 bridgehead atoms. The van der Waals surface area contributed by atoms with Gasteiger partial charge in [0.05, 0.1) is 0 Å². The van der Waals surface area contributed by atoms with E-state index < -0.39 is 35.5 Å². The van der Waals surface area contributed by atoms with Gasteiger partial charge in [0.25, 0.3) is 5.91 Å². The van der Waals surface area contributed by atoms with Crippen molar-refractivity contribution >= 4 is 29.3 Å². The van der Waals surface area contributed by atoms with Crippen molar-refractivity contribution in [1.82, 2.24) is 19.9 Å². The second kappa shape index (κ2) is 7.58. The topological polar surface area (TPSA) is 117 Å². The van der Waals surface area contributed by atoms with Gasteiger partial charge in [-0.2, -0.15) is 0 Å². The summed E-state index contributed by atoms with van der Waals surface area (Å²) >= 11 is 1.04. The highest BCUT2D eigenvalue weighted by molar-refractivity contribution is 7.98. The molecule has 0 saturated heterocycles. The number of carboxylic acids is 1. The molecule has 0 saturated carbocycles. The Morgan fingerprint density at radius 1 is 1.33 bits per heavy atom. The number of thioether (sulfide) groups is 1. The first kappa shape index (κ1) is 18.6. The maximum Gasteiger partial charge on any atom is 0.322 e. The van der Waals surface area contributed by atoms with Gasteiger partial charge in [-0.1, -0.05) is 12.1 Å². The van der Waals surface area contributed by atoms with Gasteiger partial charge in [0, 0.05) is 17.4 Å². The normalized spacial score (nSPS) is 10.9. The molecule has 0 spiro atoms. The molecule has 0 aliphatic heterocycles. The number of aliphatic carboxylic acids is 1. The van der Waals surface area contributed by atoms with Crippen molar-refractivity contribution in [3.8, 4) is 0 Å². The minimum atomic E-state index is -1.26. The predicted molar refractivity (Wildman–Crippen MR) is 91.7 cm³/mol. The summed E-state index contributed by atoms with van der Waals surface area (Å²) in [7, 11) is 0. The molecule has 3 N–H and O–H groups in total. The zero-order valence-corrected chi connectivity index (χ0v) is 14.3. The molecule has 0 atom stereocenters. The van der Waals surface area contributed by atoms with Crippen molar-refractivity contribution in [3.05, 3.63) is 63.6 Å². The molecule has 2 heterocycles. The summed E-state index contributed by atoms with van der Waals surface area (Å²) in [5.74, 6) is -4.04. The van der Waals surface area contributed by atoms with Gasteiger partial charge in [-0.05, 0) is 6.07 Å². The molecule has 0 radical (unpaired) electrons. The Morgan fingerprint density at radius 3 is 2.85 bits per heavy atom. The van der Waals surface area contributed by atoms with Gasteiger partial charge in [-0.3, -0.25) is 19.5 Å². The van der Waals surface area contributed by atoms with Crippen molar-refractivity contribution in [3.63, 3.8) is 0 Å². The van der Waals surface area contributed by atoms with E-state index in [-0.39, 0.29) is 22.5 Å². The van der Waals surface area contributed by atoms with Crippen LogP contribution in [0.15, 0.2) is 40.4 Å². The third kappa shape index (κ3) is 3.82. The van der Waals surface area contributed by atoms with Crippen LogP contribution in [0, 0.1) is 11.6 Å². The van der Waals surface area contributed by atoms with Gasteiger partial charge in [0.2, 0.25) is 0 Å². The highest BCUT2D eigenvalue weighted by Crippen LogP contribution is 2.25. The van der Waals surface area contributed by atoms with E-state index in [1.807, 2.05) is 0 Å². The van der Waals surface area contributed by atoms with Crippen LogP contribution >= 0.6 is 11.8 Å². The van der Waals surface area contributed by atoms with Crippen molar-refractivity contribution in [1.29, 1.82) is 0 Å². The Hall–Kier alpha value is -3.21. The van der Waals surface area contributed by atoms with Crippen LogP contribution in [0.4, 0.5) is 8.78 Å². The SMILES string of the molecule is O=C(O)CNC(=O)c1c(=O)cc(SCc2cccc(F)c2F)n2[nH]cnc12. The van der Waals surface area contributed by atoms with E-state index in [0.29, 0.717) is 5.03 Å². The summed E-state index contributed by atoms with van der Waals surface area (Å²) in [6.07, 6.45) is 1.25. The minimum absolute atomic E-state index is 0.00685. The lowest BCUT2D eigenvalue weighted by Gasteiger charge is -2.08. The van der Waals surface area contributed by atoms with Crippen molar-refractivity contribution < 1.29 is 23.5 Å². The highest BCUT2D eigenvalue weighted by atomic mass is 32.2. The van der Waals surface area contributed by atoms with Gasteiger partial charge in [-0.25, -0.2) is 18.3 Å². The number of carbonyl (C=O) groups is 2. The summed E-state index contributed by atoms with van der Waals surface area (Å²) in [6, 6.07) is 4.95. The number of benzene rings is 1. The molecule has 1 amide bonds. The monoisotopic (exact) mass is 394 g/mol. The lowest BCUT2D eigenvalue weighted by atomic mass is 10.2. The number of hydrogen-bond acceptors (Lipinski definition) is 5. The molecule has 8 nitrogen and oxygen atoms in total. The standard InChI is InChI=1S/C16H12F2N4O4S/c17-9-3-1-2-8(14(9)18)6-27-11-4-10(23)13(15-20-7-21-22(11)15)16(26)19-5-12(24)25/h1-4,7H,5-6H2,(H,19,26)(H,20,21)(H,24,25). The Morgan fingerprint density at radius 2 is 2.11 bits per heavy atom. The fraction of sp³-hybridized carbons (Fsp3) is 0.125. The Bertz CT molecular complexity index is 1100. The van der Waals surface area contributed by atoms with Crippen molar-refractivity contribution in [2.24, 2.45) is 0 Å². The Balaban J connectivity index is 1.92. The molecule has 140 valence electrons. The first-order chi connectivity index (χ1) is 12.9. The second-order valence-corrected chi connectivity index (χ2v) is 6.34. The third-order valence-corrected chi connectivity index (χ3v) is 4.62. The molecular formula is C16H12F2N4O4S. The van der Waals surface area contributed by atoms with Crippen LogP contribution in [0.3, 0.4) is 0 Å². The fourth-order valence-corrected chi connectivity index (χ4v) is 3.33. The number of amides is 1. The lowest BCUT2D eigenvalue weighted by Crippen LogP contribution is -2.33. The number of carboxylic acid groups (broad SMARTS) is 1. The number of fused-ring (bicyclic) bond motifs is 1. The molecule has 0 aliphatic rings. The van der Waals surface area contributed by atoms with Crippen LogP contribution in [0.5, 0.6) is 0 Å². The van der Waals surface area contributed by atoms with Gasteiger partial charge in [0.15, 0.2) is 22.7 Å². The van der Waals surface area contributed by atoms with Gasteiger partial charge < -0.3 is 10.4 Å². The number of aromatic amines is 1. The van der Waals surface area contributed by atoms with E-state index in [1.165, 1.54) is 23.0 Å². The molecule has 0 fully saturated rings. The maximum absolute atomic E-state index is 13.8. The highest BCUT2D eigenvalue weighted by Gasteiger charge is 2.20. The quantitative estimate of drug-likeness (QED) is 0.545. The fourth-order valence-electron chi connectivity index (χ4n) is 2.35. The molecule has 0 aliphatic carbocycles. The van der Waals surface area contributed by atoms with Crippen LogP contribution in [-0.2, 0) is 10.5 Å². The lowest BCUT2D eigenvalue weighted by molar-refractivity contribution is -0.135. The number of pyridine rings is 1. The molecular weight excluding hydrogens is 382 g/mol. The largest absolute Gasteiger partial charge is 0.480 e. The number of carbonyl (C=O) groups excluding carboxylic acids is 1. The van der Waals surface area contributed by atoms with Crippen LogP contribution in [0.2, 0.25) is 0 Å². The van der Waals surface area contributed by atoms with Crippen molar-refractivity contribution in [2.75, 3.05) is 6.54 Å². The molecule has 27 heavy (non-hydrogen) atoms. The third-order valence-electron chi connectivity index (χ3n) is 3.56. The smallest absolute Gasteiger partial charge is 0.322 e. The summed E-state index contributed by atoms with van der Waals surface area (Å²) in [6.45, 7) is -0.649. The number of aromatic nitrogens is 3. The molecule has 1 aromatic carbocycles. The average molecular weight is 394 g/mol. The van der Waals surface area contributed by atoms with Gasteiger partial charge in [0.1, 0.15) is 23.5 Å². The number of nitrogens with one attached hydrogen (secondary N) is 2. The number of hydrogen-bond donors (Lipinski definition) is 3. The van der Waals surface area contributed by atoms with E-state index in [4.69, 9.17) is 5.11 Å². The van der Waals surface area contributed by atoms with E-state index in [1.54, 1.807) is 0 Å². The van der Waals surface area contributed by atoms with Crippen LogP contribution in [0.25, 0.3) is 5.65 Å². The van der Waals surface area contributed by atoms with Crippen molar-refractivity contribution in [2.45, 2.75) is 10.8 Å². The van der Waals surface area contributed by atoms with Crippen LogP contribution < -0.4 is 10.7 Å². The predicted octanol–water partition coefficient (Wildman–Crippen LogP) is 1.41. The number of H-pyrrole nitrogens is 1. The minimum Gasteiger partial charge on any atom is -0.480 e. The molecule has 2 aromatic heterocycles. The number of nitrogens with zero attached hydrogens (tertiary/aromatic N) is 2. The molecule has 11 heteroatoms. The van der Waals surface area contributed by atoms with E-state index >= 15 is 0 Å². The van der Waals surface area contributed by atoms with Gasteiger partial charge >= 0.3 is 5.97 Å². The molecule has 0 unspecified atom stereocenters. The summed E-state index contributed by atoms with van der Waals surface area (Å²) in [5.41, 5.74) is -0.886. The first-order valence-electron chi connectivity index (χ1n) is 7.53. The second-order valence-electron chi connectivity index (χ2n) is 5.35. The van der Waals surface area contributed by atoms with Gasteiger partial charge in [-0.15, -0.1) is 11.8 Å². The summed E-state index contributed by atoms with van der Waals surface area (Å²) in [5, 5.41) is 13.8. The van der Waals surface area contributed by atoms with E-state index in [2.05, 4.69) is 15.4 Å². The summed E-state index contributed by atoms with van der Waals surface area (Å²) in [4.78, 5) is 39.0. The molecule has 3 aromatic rings. The Labute approximate surface area is 154 Å². The summed E-state index contributed by atoms with van der Waals surface area (Å²) < 4.78 is 28.4.